The molecule has 16 heavy (non-hydrogen) atoms. The van der Waals surface area contributed by atoms with E-state index < -0.39 is 11.9 Å². The number of hydrogen-bond donors (Lipinski definition) is 1. The van der Waals surface area contributed by atoms with Crippen molar-refractivity contribution in [2.75, 3.05) is 6.61 Å². The second kappa shape index (κ2) is 6.12. The Hall–Kier alpha value is -1.55. The predicted molar refractivity (Wildman–Crippen MR) is 59.9 cm³/mol. The molecular weight excluding hydrogens is 230 g/mol. The Kier molecular flexibility index (Phi) is 4.79. The minimum absolute atomic E-state index is 0.179. The van der Waals surface area contributed by atoms with Gasteiger partial charge in [0.15, 0.2) is 0 Å². The maximum Gasteiger partial charge on any atom is 0.396 e. The highest BCUT2D eigenvalue weighted by molar-refractivity contribution is 6.33. The molecule has 0 unspecified atom stereocenters. The Bertz CT molecular complexity index is 393. The lowest BCUT2D eigenvalue weighted by molar-refractivity contribution is -0.154. The zero-order valence-electron chi connectivity index (χ0n) is 8.83. The van der Waals surface area contributed by atoms with Crippen molar-refractivity contribution in [3.8, 4) is 0 Å². The number of hydrogen-bond acceptors (Lipinski definition) is 3. The first kappa shape index (κ1) is 12.5. The van der Waals surface area contributed by atoms with Crippen molar-refractivity contribution in [2.24, 2.45) is 0 Å². The Labute approximate surface area is 98.5 Å². The van der Waals surface area contributed by atoms with Gasteiger partial charge in [0.1, 0.15) is 0 Å². The first-order valence-corrected chi connectivity index (χ1v) is 5.21. The molecule has 0 spiro atoms. The van der Waals surface area contributed by atoms with Crippen molar-refractivity contribution in [1.82, 2.24) is 5.32 Å². The van der Waals surface area contributed by atoms with Crippen LogP contribution >= 0.6 is 11.6 Å². The van der Waals surface area contributed by atoms with Crippen LogP contribution in [0.15, 0.2) is 24.3 Å². The van der Waals surface area contributed by atoms with Crippen LogP contribution in [0, 0.1) is 0 Å². The van der Waals surface area contributed by atoms with Crippen LogP contribution in [-0.2, 0) is 20.9 Å². The van der Waals surface area contributed by atoms with Gasteiger partial charge in [-0.05, 0) is 18.6 Å². The second-order valence-corrected chi connectivity index (χ2v) is 3.40. The van der Waals surface area contributed by atoms with E-state index in [1.165, 1.54) is 0 Å². The third kappa shape index (κ3) is 3.55. The molecule has 1 rings (SSSR count). The van der Waals surface area contributed by atoms with E-state index in [2.05, 4.69) is 10.1 Å². The summed E-state index contributed by atoms with van der Waals surface area (Å²) in [5.41, 5.74) is 0.752. The summed E-state index contributed by atoms with van der Waals surface area (Å²) in [6.45, 7) is 2.02. The summed E-state index contributed by atoms with van der Waals surface area (Å²) >= 11 is 5.88. The van der Waals surface area contributed by atoms with Crippen LogP contribution in [0.1, 0.15) is 12.5 Å². The van der Waals surface area contributed by atoms with Gasteiger partial charge in [-0.15, -0.1) is 0 Å². The number of rotatable bonds is 3. The van der Waals surface area contributed by atoms with Crippen molar-refractivity contribution in [3.05, 3.63) is 34.9 Å². The lowest BCUT2D eigenvalue weighted by Gasteiger charge is -2.05. The lowest BCUT2D eigenvalue weighted by atomic mass is 10.2. The molecule has 1 N–H and O–H groups in total. The number of carbonyl (C=O) groups is 2. The molecule has 5 heteroatoms. The van der Waals surface area contributed by atoms with E-state index in [0.29, 0.717) is 5.02 Å². The number of carbonyl (C=O) groups excluding carboxylic acids is 2. The minimum Gasteiger partial charge on any atom is -0.459 e. The zero-order valence-corrected chi connectivity index (χ0v) is 9.58. The van der Waals surface area contributed by atoms with Gasteiger partial charge in [0.25, 0.3) is 0 Å². The number of esters is 1. The summed E-state index contributed by atoms with van der Waals surface area (Å²) in [4.78, 5) is 22.2. The highest BCUT2D eigenvalue weighted by Gasteiger charge is 2.14. The molecule has 1 aromatic rings. The van der Waals surface area contributed by atoms with Crippen molar-refractivity contribution in [1.29, 1.82) is 0 Å². The van der Waals surface area contributed by atoms with Crippen LogP contribution in [0.2, 0.25) is 5.02 Å². The fourth-order valence-electron chi connectivity index (χ4n) is 1.09. The summed E-state index contributed by atoms with van der Waals surface area (Å²) in [6, 6.07) is 7.08. The molecule has 0 aromatic heterocycles. The standard InChI is InChI=1S/C11H12ClNO3/c1-2-16-11(15)10(14)13-7-8-5-3-4-6-9(8)12/h3-6H,2,7H2,1H3,(H,13,14). The Morgan fingerprint density at radius 3 is 2.69 bits per heavy atom. The number of ether oxygens (including phenoxy) is 1. The topological polar surface area (TPSA) is 55.4 Å². The van der Waals surface area contributed by atoms with E-state index >= 15 is 0 Å². The largest absolute Gasteiger partial charge is 0.459 e. The molecule has 4 nitrogen and oxygen atoms in total. The number of benzene rings is 1. The fraction of sp³-hybridized carbons (Fsp3) is 0.273. The molecule has 0 aliphatic carbocycles. The molecule has 0 radical (unpaired) electrons. The first-order chi connectivity index (χ1) is 7.65. The van der Waals surface area contributed by atoms with Gasteiger partial charge in [-0.25, -0.2) is 4.79 Å². The molecule has 0 saturated heterocycles. The molecule has 0 heterocycles. The predicted octanol–water partition coefficient (Wildman–Crippen LogP) is 1.52. The molecule has 1 amide bonds. The SMILES string of the molecule is CCOC(=O)C(=O)NCc1ccccc1Cl. The Morgan fingerprint density at radius 2 is 2.06 bits per heavy atom. The summed E-state index contributed by atoms with van der Waals surface area (Å²) < 4.78 is 4.54. The molecule has 0 aliphatic heterocycles. The molecule has 0 atom stereocenters. The van der Waals surface area contributed by atoms with Crippen LogP contribution in [0.3, 0.4) is 0 Å². The van der Waals surface area contributed by atoms with Gasteiger partial charge in [0, 0.05) is 11.6 Å². The number of amides is 1. The van der Waals surface area contributed by atoms with Gasteiger partial charge in [-0.1, -0.05) is 29.8 Å². The lowest BCUT2D eigenvalue weighted by Crippen LogP contribution is -2.32. The van der Waals surface area contributed by atoms with Gasteiger partial charge >= 0.3 is 11.9 Å². The maximum absolute atomic E-state index is 11.2. The van der Waals surface area contributed by atoms with E-state index in [0.717, 1.165) is 5.56 Å². The quantitative estimate of drug-likeness (QED) is 0.645. The van der Waals surface area contributed by atoms with E-state index in [-0.39, 0.29) is 13.2 Å². The van der Waals surface area contributed by atoms with Crippen LogP contribution in [0.5, 0.6) is 0 Å². The van der Waals surface area contributed by atoms with Gasteiger partial charge in [-0.3, -0.25) is 4.79 Å². The fourth-order valence-corrected chi connectivity index (χ4v) is 1.29. The summed E-state index contributed by atoms with van der Waals surface area (Å²) in [5, 5.41) is 2.97. The van der Waals surface area contributed by atoms with Crippen molar-refractivity contribution in [2.45, 2.75) is 13.5 Å². The Morgan fingerprint density at radius 1 is 1.38 bits per heavy atom. The van der Waals surface area contributed by atoms with E-state index in [9.17, 15) is 9.59 Å². The smallest absolute Gasteiger partial charge is 0.396 e. The third-order valence-electron chi connectivity index (χ3n) is 1.86. The van der Waals surface area contributed by atoms with E-state index in [1.807, 2.05) is 0 Å². The molecule has 0 aliphatic rings. The minimum atomic E-state index is -0.880. The van der Waals surface area contributed by atoms with Crippen LogP contribution < -0.4 is 5.32 Å². The molecule has 0 saturated carbocycles. The Balaban J connectivity index is 2.49. The highest BCUT2D eigenvalue weighted by atomic mass is 35.5. The van der Waals surface area contributed by atoms with E-state index in [1.54, 1.807) is 31.2 Å². The normalized spacial score (nSPS) is 9.62. The first-order valence-electron chi connectivity index (χ1n) is 4.83. The van der Waals surface area contributed by atoms with Gasteiger partial charge < -0.3 is 10.1 Å². The van der Waals surface area contributed by atoms with Crippen LogP contribution in [0.4, 0.5) is 0 Å². The molecular formula is C11H12ClNO3. The van der Waals surface area contributed by atoms with Crippen LogP contribution in [-0.4, -0.2) is 18.5 Å². The van der Waals surface area contributed by atoms with Crippen molar-refractivity contribution in [3.63, 3.8) is 0 Å². The summed E-state index contributed by atoms with van der Waals surface area (Å²) in [6.07, 6.45) is 0. The second-order valence-electron chi connectivity index (χ2n) is 2.99. The van der Waals surface area contributed by atoms with Gasteiger partial charge in [0.2, 0.25) is 0 Å². The van der Waals surface area contributed by atoms with Gasteiger partial charge in [-0.2, -0.15) is 0 Å². The zero-order chi connectivity index (χ0) is 12.0. The molecule has 86 valence electrons. The van der Waals surface area contributed by atoms with Crippen molar-refractivity contribution >= 4 is 23.5 Å². The monoisotopic (exact) mass is 241 g/mol. The number of nitrogens with one attached hydrogen (secondary N) is 1. The number of halogens is 1. The third-order valence-corrected chi connectivity index (χ3v) is 2.23. The average molecular weight is 242 g/mol. The average Bonchev–Trinajstić information content (AvgIpc) is 2.28. The highest BCUT2D eigenvalue weighted by Crippen LogP contribution is 2.14. The maximum atomic E-state index is 11.2. The van der Waals surface area contributed by atoms with Crippen LogP contribution in [0.25, 0.3) is 0 Å². The van der Waals surface area contributed by atoms with E-state index in [4.69, 9.17) is 11.6 Å². The molecule has 0 fully saturated rings. The van der Waals surface area contributed by atoms with Crippen molar-refractivity contribution < 1.29 is 14.3 Å². The summed E-state index contributed by atoms with van der Waals surface area (Å²) in [5.74, 6) is -1.64. The summed E-state index contributed by atoms with van der Waals surface area (Å²) in [7, 11) is 0. The molecule has 0 bridgehead atoms. The molecule has 1 aromatic carbocycles. The van der Waals surface area contributed by atoms with Gasteiger partial charge in [0.05, 0.1) is 6.61 Å².